The van der Waals surface area contributed by atoms with Crippen molar-refractivity contribution in [2.75, 3.05) is 27.5 Å². The van der Waals surface area contributed by atoms with Crippen LogP contribution in [-0.2, 0) is 21.0 Å². The van der Waals surface area contributed by atoms with E-state index in [4.69, 9.17) is 14.3 Å². The minimum atomic E-state index is -0.694. The molecule has 1 N–H and O–H groups in total. The van der Waals surface area contributed by atoms with Crippen LogP contribution in [0.25, 0.3) is 0 Å². The molecule has 0 aliphatic heterocycles. The van der Waals surface area contributed by atoms with E-state index in [0.717, 1.165) is 27.5 Å². The molecule has 1 atom stereocenters. The second-order valence-electron chi connectivity index (χ2n) is 5.53. The zero-order valence-electron chi connectivity index (χ0n) is 15.9. The zero-order chi connectivity index (χ0) is 19.6. The van der Waals surface area contributed by atoms with Gasteiger partial charge in [-0.25, -0.2) is 0 Å². The fourth-order valence-corrected chi connectivity index (χ4v) is 3.03. The third-order valence-corrected chi connectivity index (χ3v) is 4.65. The topological polar surface area (TPSA) is 69.2 Å². The lowest BCUT2D eigenvalue weighted by atomic mass is 10.0. The van der Waals surface area contributed by atoms with E-state index < -0.39 is 6.10 Å². The molecule has 1 unspecified atom stereocenters. The van der Waals surface area contributed by atoms with Crippen LogP contribution in [0.4, 0.5) is 0 Å². The molecular formula is C20H24N2O4S. The van der Waals surface area contributed by atoms with Crippen molar-refractivity contribution in [3.8, 4) is 5.75 Å². The van der Waals surface area contributed by atoms with Crippen molar-refractivity contribution < 1.29 is 19.1 Å². The average Bonchev–Trinajstić information content (AvgIpc) is 2.72. The van der Waals surface area contributed by atoms with Crippen LogP contribution in [0.15, 0.2) is 53.7 Å². The highest BCUT2D eigenvalue weighted by atomic mass is 32.2. The summed E-state index contributed by atoms with van der Waals surface area (Å²) in [5.74, 6) is 0.574. The Hall–Kier alpha value is -2.51. The molecular weight excluding hydrogens is 364 g/mol. The van der Waals surface area contributed by atoms with E-state index in [1.54, 1.807) is 14.2 Å². The molecule has 6 nitrogen and oxygen atoms in total. The average molecular weight is 388 g/mol. The number of amides is 1. The Kier molecular flexibility index (Phi) is 8.16. The number of nitrogens with one attached hydrogen (secondary N) is 1. The van der Waals surface area contributed by atoms with Gasteiger partial charge in [-0.15, -0.1) is 11.8 Å². The van der Waals surface area contributed by atoms with Crippen LogP contribution in [0.5, 0.6) is 5.75 Å². The van der Waals surface area contributed by atoms with Crippen molar-refractivity contribution >= 4 is 22.7 Å². The largest absolute Gasteiger partial charge is 0.497 e. The number of hydrogen-bond acceptors (Lipinski definition) is 6. The number of rotatable bonds is 8. The summed E-state index contributed by atoms with van der Waals surface area (Å²) in [6.07, 6.45) is 1.24. The minimum absolute atomic E-state index is 0.212. The normalized spacial score (nSPS) is 12.4. The van der Waals surface area contributed by atoms with Crippen molar-refractivity contribution in [3.63, 3.8) is 0 Å². The molecule has 144 valence electrons. The Labute approximate surface area is 163 Å². The van der Waals surface area contributed by atoms with Gasteiger partial charge in [0.05, 0.1) is 7.11 Å². The summed E-state index contributed by atoms with van der Waals surface area (Å²) < 4.78 is 10.5. The highest BCUT2D eigenvalue weighted by molar-refractivity contribution is 8.13. The van der Waals surface area contributed by atoms with Crippen molar-refractivity contribution in [3.05, 3.63) is 65.2 Å². The molecule has 7 heteroatoms. The summed E-state index contributed by atoms with van der Waals surface area (Å²) in [7, 11) is 4.72. The van der Waals surface area contributed by atoms with Crippen LogP contribution in [0.1, 0.15) is 22.8 Å². The zero-order valence-corrected chi connectivity index (χ0v) is 16.7. The first-order valence-corrected chi connectivity index (χ1v) is 9.57. The van der Waals surface area contributed by atoms with Crippen molar-refractivity contribution in [1.29, 1.82) is 0 Å². The fraction of sp³-hybridized carbons (Fsp3) is 0.300. The summed E-state index contributed by atoms with van der Waals surface area (Å²) >= 11 is 1.49. The smallest absolute Gasteiger partial charge is 0.253 e. The number of nitrogens with zero attached hydrogens (tertiary/aromatic N) is 1. The van der Waals surface area contributed by atoms with Gasteiger partial charge in [0.25, 0.3) is 5.91 Å². The van der Waals surface area contributed by atoms with Gasteiger partial charge in [0.1, 0.15) is 17.4 Å². The van der Waals surface area contributed by atoms with E-state index in [9.17, 15) is 4.79 Å². The van der Waals surface area contributed by atoms with E-state index in [0.29, 0.717) is 0 Å². The first-order chi connectivity index (χ1) is 13.1. The SMILES string of the molecule is CNC(=O)C(OC)c1ccccc1CO/N=C(\SC)c1ccc(OC)cc1. The molecule has 0 radical (unpaired) electrons. The lowest BCUT2D eigenvalue weighted by Crippen LogP contribution is -2.27. The first kappa shape index (κ1) is 20.8. The molecule has 2 rings (SSSR count). The van der Waals surface area contributed by atoms with Crippen molar-refractivity contribution in [1.82, 2.24) is 5.32 Å². The lowest BCUT2D eigenvalue weighted by molar-refractivity contribution is -0.130. The Morgan fingerprint density at radius 1 is 1.15 bits per heavy atom. The van der Waals surface area contributed by atoms with Crippen LogP contribution in [-0.4, -0.2) is 38.5 Å². The van der Waals surface area contributed by atoms with Crippen LogP contribution in [0.2, 0.25) is 0 Å². The van der Waals surface area contributed by atoms with Gasteiger partial charge in [0, 0.05) is 19.7 Å². The number of likely N-dealkylation sites (N-methyl/N-ethyl adjacent to an activating group) is 1. The number of benzene rings is 2. The monoisotopic (exact) mass is 388 g/mol. The lowest BCUT2D eigenvalue weighted by Gasteiger charge is -2.17. The predicted octanol–water partition coefficient (Wildman–Crippen LogP) is 3.37. The molecule has 0 saturated heterocycles. The fourth-order valence-electron chi connectivity index (χ4n) is 2.53. The molecule has 0 saturated carbocycles. The summed E-state index contributed by atoms with van der Waals surface area (Å²) in [6, 6.07) is 15.1. The number of oxime groups is 1. The number of carbonyl (C=O) groups is 1. The maximum atomic E-state index is 12.0. The quantitative estimate of drug-likeness (QED) is 0.427. The molecule has 0 spiro atoms. The Bertz CT molecular complexity index is 778. The summed E-state index contributed by atoms with van der Waals surface area (Å²) in [5, 5.41) is 7.62. The van der Waals surface area contributed by atoms with E-state index >= 15 is 0 Å². The maximum Gasteiger partial charge on any atom is 0.253 e. The Balaban J connectivity index is 2.15. The van der Waals surface area contributed by atoms with Crippen molar-refractivity contribution in [2.45, 2.75) is 12.7 Å². The minimum Gasteiger partial charge on any atom is -0.497 e. The van der Waals surface area contributed by atoms with Gasteiger partial charge in [0.15, 0.2) is 6.10 Å². The van der Waals surface area contributed by atoms with Crippen LogP contribution in [0, 0.1) is 0 Å². The van der Waals surface area contributed by atoms with E-state index in [2.05, 4.69) is 10.5 Å². The molecule has 0 aliphatic rings. The first-order valence-electron chi connectivity index (χ1n) is 8.35. The molecule has 27 heavy (non-hydrogen) atoms. The molecule has 0 fully saturated rings. The molecule has 0 aromatic heterocycles. The third-order valence-electron chi connectivity index (χ3n) is 3.96. The Morgan fingerprint density at radius 3 is 2.44 bits per heavy atom. The van der Waals surface area contributed by atoms with Crippen LogP contribution >= 0.6 is 11.8 Å². The summed E-state index contributed by atoms with van der Waals surface area (Å²) in [4.78, 5) is 17.6. The van der Waals surface area contributed by atoms with E-state index in [1.165, 1.54) is 18.9 Å². The standard InChI is InChI=1S/C20H24N2O4S/c1-21-19(23)18(25-3)17-8-6-5-7-15(17)13-26-22-20(27-4)14-9-11-16(24-2)12-10-14/h5-12,18H,13H2,1-4H3,(H,21,23)/b22-20-. The third kappa shape index (κ3) is 5.48. The van der Waals surface area contributed by atoms with Gasteiger partial charge in [-0.05, 0) is 41.6 Å². The molecule has 1 amide bonds. The highest BCUT2D eigenvalue weighted by Crippen LogP contribution is 2.23. The van der Waals surface area contributed by atoms with Gasteiger partial charge in [-0.3, -0.25) is 4.79 Å². The number of carbonyl (C=O) groups excluding carboxylic acids is 1. The maximum absolute atomic E-state index is 12.0. The van der Waals surface area contributed by atoms with E-state index in [1.807, 2.05) is 54.8 Å². The van der Waals surface area contributed by atoms with Crippen molar-refractivity contribution in [2.24, 2.45) is 5.16 Å². The van der Waals surface area contributed by atoms with E-state index in [-0.39, 0.29) is 12.5 Å². The number of hydrogen-bond donors (Lipinski definition) is 1. The predicted molar refractivity (Wildman–Crippen MR) is 108 cm³/mol. The van der Waals surface area contributed by atoms with Gasteiger partial charge in [0.2, 0.25) is 0 Å². The van der Waals surface area contributed by atoms with Gasteiger partial charge < -0.3 is 19.6 Å². The molecule has 0 heterocycles. The molecule has 2 aromatic carbocycles. The van der Waals surface area contributed by atoms with Gasteiger partial charge in [-0.2, -0.15) is 0 Å². The van der Waals surface area contributed by atoms with Gasteiger partial charge >= 0.3 is 0 Å². The van der Waals surface area contributed by atoms with Crippen LogP contribution in [0.3, 0.4) is 0 Å². The Morgan fingerprint density at radius 2 is 1.85 bits per heavy atom. The summed E-state index contributed by atoms with van der Waals surface area (Å²) in [6.45, 7) is 0.229. The number of methoxy groups -OCH3 is 2. The second kappa shape index (κ2) is 10.6. The second-order valence-corrected chi connectivity index (χ2v) is 6.33. The number of ether oxygens (including phenoxy) is 2. The number of thioether (sulfide) groups is 1. The molecule has 0 aliphatic carbocycles. The highest BCUT2D eigenvalue weighted by Gasteiger charge is 2.21. The molecule has 0 bridgehead atoms. The molecule has 2 aromatic rings. The van der Waals surface area contributed by atoms with Crippen LogP contribution < -0.4 is 10.1 Å². The summed E-state index contributed by atoms with van der Waals surface area (Å²) in [5.41, 5.74) is 2.54. The van der Waals surface area contributed by atoms with Gasteiger partial charge in [-0.1, -0.05) is 29.4 Å².